The first-order valence-electron chi connectivity index (χ1n) is 25.3. The first-order valence-corrected chi connectivity index (χ1v) is 25.3. The second-order valence-corrected chi connectivity index (χ2v) is 19.7. The normalized spacial score (nSPS) is 21.8. The predicted molar refractivity (Wildman–Crippen MR) is 263 cm³/mol. The molecule has 3 N–H and O–H groups in total. The quantitative estimate of drug-likeness (QED) is 0.0672. The van der Waals surface area contributed by atoms with Crippen LogP contribution in [0.5, 0.6) is 0 Å². The van der Waals surface area contributed by atoms with Crippen LogP contribution in [0.2, 0.25) is 0 Å². The Kier molecular flexibility index (Phi) is 15.2. The van der Waals surface area contributed by atoms with Crippen LogP contribution in [0.15, 0.2) is 59.7 Å². The molecule has 15 nitrogen and oxygen atoms in total. The Hall–Kier alpha value is -4.93. The van der Waals surface area contributed by atoms with Gasteiger partial charge in [-0.15, -0.1) is 0 Å². The highest BCUT2D eigenvalue weighted by atomic mass is 16.5. The number of imide groups is 1. The van der Waals surface area contributed by atoms with Crippen molar-refractivity contribution in [2.45, 2.75) is 122 Å². The smallest absolute Gasteiger partial charge is 0.329 e. The van der Waals surface area contributed by atoms with E-state index in [0.717, 1.165) is 139 Å². The predicted octanol–water partition coefficient (Wildman–Crippen LogP) is 6.28. The lowest BCUT2D eigenvalue weighted by atomic mass is 9.93. The second-order valence-electron chi connectivity index (χ2n) is 19.7. The van der Waals surface area contributed by atoms with Crippen molar-refractivity contribution in [3.05, 3.63) is 76.5 Å². The molecule has 1 unspecified atom stereocenters. The molecule has 0 spiro atoms. The molecule has 4 aliphatic rings. The van der Waals surface area contributed by atoms with Gasteiger partial charge in [-0.1, -0.05) is 57.0 Å². The minimum absolute atomic E-state index is 0.199. The number of aryl methyl sites for hydroxylation is 2. The Balaban J connectivity index is 0.695. The third-order valence-corrected chi connectivity index (χ3v) is 15.5. The zero-order valence-electron chi connectivity index (χ0n) is 40.0. The number of nitrogens with one attached hydrogen (secondary N) is 2. The number of imidazole rings is 1. The van der Waals surface area contributed by atoms with Crippen LogP contribution in [0.25, 0.3) is 33.2 Å². The van der Waals surface area contributed by atoms with Gasteiger partial charge >= 0.3 is 5.69 Å². The maximum absolute atomic E-state index is 13.1. The molecule has 3 aliphatic heterocycles. The van der Waals surface area contributed by atoms with Crippen LogP contribution in [0, 0.1) is 5.92 Å². The molecule has 2 amide bonds. The molecule has 1 atom stereocenters. The number of aliphatic hydroxyl groups excluding tert-OH is 1. The van der Waals surface area contributed by atoms with Crippen LogP contribution >= 0.6 is 0 Å². The third-order valence-electron chi connectivity index (χ3n) is 15.5. The molecule has 2 aromatic carbocycles. The van der Waals surface area contributed by atoms with Crippen LogP contribution in [-0.4, -0.2) is 133 Å². The van der Waals surface area contributed by atoms with E-state index in [0.29, 0.717) is 42.5 Å². The largest absolute Gasteiger partial charge is 0.393 e. The number of anilines is 1. The minimum atomic E-state index is -0.673. The van der Waals surface area contributed by atoms with Crippen molar-refractivity contribution >= 4 is 39.8 Å². The summed E-state index contributed by atoms with van der Waals surface area (Å²) in [6, 6.07) is 15.4. The van der Waals surface area contributed by atoms with Crippen molar-refractivity contribution in [2.24, 2.45) is 13.0 Å². The van der Waals surface area contributed by atoms with E-state index in [1.54, 1.807) is 11.6 Å². The average Bonchev–Trinajstić information content (AvgIpc) is 3.84. The van der Waals surface area contributed by atoms with Crippen molar-refractivity contribution < 1.29 is 19.4 Å². The Morgan fingerprint density at radius 2 is 1.58 bits per heavy atom. The van der Waals surface area contributed by atoms with Gasteiger partial charge in [0.2, 0.25) is 17.8 Å². The summed E-state index contributed by atoms with van der Waals surface area (Å²) in [5.74, 6) is 0.593. The summed E-state index contributed by atoms with van der Waals surface area (Å²) >= 11 is 0. The lowest BCUT2D eigenvalue weighted by molar-refractivity contribution is -0.135. The molecule has 6 heterocycles. The second kappa shape index (κ2) is 21.6. The SMILES string of the molecule is CCC(CC)CNc1ncc2c(-c3ccc(CN4CCN(C5CCN(CCOCCCc6ccc7c(c6)n(C)c(=O)n7C6CCC(=O)NC6=O)CC5)CC4)cc3)cn(C3CCC(O)CC3)c2n1. The van der Waals surface area contributed by atoms with Gasteiger partial charge in [0.25, 0.3) is 0 Å². The molecule has 1 aliphatic carbocycles. The van der Waals surface area contributed by atoms with Crippen LogP contribution < -0.4 is 16.3 Å². The summed E-state index contributed by atoms with van der Waals surface area (Å²) in [5, 5.41) is 17.2. The molecule has 5 aromatic rings. The van der Waals surface area contributed by atoms with Gasteiger partial charge in [0.05, 0.1) is 23.7 Å². The third kappa shape index (κ3) is 10.9. The highest BCUT2D eigenvalue weighted by Gasteiger charge is 2.32. The number of hydrogen-bond acceptors (Lipinski definition) is 11. The van der Waals surface area contributed by atoms with Crippen LogP contribution in [0.4, 0.5) is 5.95 Å². The number of piperazine rings is 1. The Morgan fingerprint density at radius 1 is 0.836 bits per heavy atom. The highest BCUT2D eigenvalue weighted by Crippen LogP contribution is 2.37. The number of carbonyl (C=O) groups excluding carboxylic acids is 2. The zero-order valence-corrected chi connectivity index (χ0v) is 40.0. The molecule has 360 valence electrons. The number of aliphatic hydroxyl groups is 1. The van der Waals surface area contributed by atoms with E-state index < -0.39 is 11.9 Å². The van der Waals surface area contributed by atoms with Gasteiger partial charge in [-0.3, -0.25) is 33.8 Å². The average molecular weight is 917 g/mol. The summed E-state index contributed by atoms with van der Waals surface area (Å²) in [4.78, 5) is 55.1. The van der Waals surface area contributed by atoms with E-state index in [4.69, 9.17) is 14.7 Å². The van der Waals surface area contributed by atoms with Crippen LogP contribution in [-0.2, 0) is 34.3 Å². The minimum Gasteiger partial charge on any atom is -0.393 e. The molecule has 4 fully saturated rings. The van der Waals surface area contributed by atoms with Crippen molar-refractivity contribution in [2.75, 3.05) is 70.9 Å². The van der Waals surface area contributed by atoms with Crippen LogP contribution in [0.3, 0.4) is 0 Å². The number of benzene rings is 2. The topological polar surface area (TPSA) is 155 Å². The standard InChI is InChI=1S/C52H72N10O5/c1-4-36(5-2)32-53-51-54-33-43-44(35-61(49(43)56-51)41-13-15-42(63)16-14-41)39-11-8-38(9-12-39)34-59-24-26-60(27-25-59)40-20-22-58(23-21-40)28-30-67-29-6-7-37-10-17-45-47(31-37)57(3)52(66)62(45)46-18-19-48(64)55-50(46)65/h8-12,17,31,33,35-36,40-42,46,63H,4-7,13-16,18-30,32,34H2,1-3H3,(H,53,54,56)(H,55,64,65). The first kappa shape index (κ1) is 47.1. The van der Waals surface area contributed by atoms with Gasteiger partial charge in [0, 0.05) is 101 Å². The van der Waals surface area contributed by atoms with Gasteiger partial charge in [-0.2, -0.15) is 4.98 Å². The molecule has 9 rings (SSSR count). The number of rotatable bonds is 18. The number of piperidine rings is 2. The Labute approximate surface area is 394 Å². The first-order chi connectivity index (χ1) is 32.6. The summed E-state index contributed by atoms with van der Waals surface area (Å²) in [5.41, 5.74) is 7.08. The van der Waals surface area contributed by atoms with Gasteiger partial charge in [-0.25, -0.2) is 9.78 Å². The van der Waals surface area contributed by atoms with Gasteiger partial charge in [0.1, 0.15) is 11.7 Å². The van der Waals surface area contributed by atoms with E-state index in [1.807, 2.05) is 24.4 Å². The van der Waals surface area contributed by atoms with E-state index in [1.165, 1.54) is 34.1 Å². The summed E-state index contributed by atoms with van der Waals surface area (Å²) in [6.07, 6.45) is 14.6. The number of amides is 2. The van der Waals surface area contributed by atoms with Gasteiger partial charge in [-0.05, 0) is 106 Å². The van der Waals surface area contributed by atoms with Crippen LogP contribution in [0.1, 0.15) is 108 Å². The van der Waals surface area contributed by atoms with E-state index >= 15 is 0 Å². The molecule has 15 heteroatoms. The Morgan fingerprint density at radius 3 is 2.31 bits per heavy atom. The summed E-state index contributed by atoms with van der Waals surface area (Å²) < 4.78 is 11.6. The molecule has 3 aromatic heterocycles. The maximum atomic E-state index is 13.1. The fraction of sp³-hybridized carbons (Fsp3) is 0.596. The number of fused-ring (bicyclic) bond motifs is 2. The van der Waals surface area contributed by atoms with Crippen molar-refractivity contribution in [1.82, 2.24) is 43.7 Å². The number of ether oxygens (including phenoxy) is 1. The van der Waals surface area contributed by atoms with Gasteiger partial charge < -0.3 is 24.6 Å². The van der Waals surface area contributed by atoms with Crippen molar-refractivity contribution in [3.63, 3.8) is 0 Å². The Bertz CT molecular complexity index is 2520. The molecule has 3 saturated heterocycles. The molecule has 0 bridgehead atoms. The molecular formula is C52H72N10O5. The fourth-order valence-corrected chi connectivity index (χ4v) is 11.1. The van der Waals surface area contributed by atoms with Crippen molar-refractivity contribution in [1.29, 1.82) is 0 Å². The van der Waals surface area contributed by atoms with Crippen molar-refractivity contribution in [3.8, 4) is 11.1 Å². The lowest BCUT2D eigenvalue weighted by Gasteiger charge is -2.42. The van der Waals surface area contributed by atoms with E-state index in [-0.39, 0.29) is 24.1 Å². The maximum Gasteiger partial charge on any atom is 0.329 e. The number of hydrogen-bond donors (Lipinski definition) is 3. The van der Waals surface area contributed by atoms with E-state index in [9.17, 15) is 19.5 Å². The van der Waals surface area contributed by atoms with Gasteiger partial charge in [0.15, 0.2) is 0 Å². The summed E-state index contributed by atoms with van der Waals surface area (Å²) in [7, 11) is 1.73. The monoisotopic (exact) mass is 917 g/mol. The zero-order chi connectivity index (χ0) is 46.4. The molecule has 0 radical (unpaired) electrons. The molecule has 67 heavy (non-hydrogen) atoms. The molecule has 1 saturated carbocycles. The number of likely N-dealkylation sites (tertiary alicyclic amines) is 1. The summed E-state index contributed by atoms with van der Waals surface area (Å²) in [6.45, 7) is 15.3. The number of nitrogens with zero attached hydrogens (tertiary/aromatic N) is 8. The van der Waals surface area contributed by atoms with E-state index in [2.05, 4.69) is 74.2 Å². The number of aromatic nitrogens is 5. The lowest BCUT2D eigenvalue weighted by Crippen LogP contribution is -2.53. The highest BCUT2D eigenvalue weighted by molar-refractivity contribution is 6.00. The molecular weight excluding hydrogens is 845 g/mol. The fourth-order valence-electron chi connectivity index (χ4n) is 11.1. The number of carbonyl (C=O) groups is 2.